The average molecular weight is 539 g/mol. The number of H-pyrrole nitrogens is 1. The Morgan fingerprint density at radius 1 is 1.18 bits per heavy atom. The van der Waals surface area contributed by atoms with Crippen LogP contribution in [0.1, 0.15) is 75.6 Å². The third-order valence-corrected chi connectivity index (χ3v) is 8.84. The van der Waals surface area contributed by atoms with Gasteiger partial charge in [-0.05, 0) is 78.4 Å². The van der Waals surface area contributed by atoms with E-state index in [-0.39, 0.29) is 24.0 Å². The Kier molecular flexibility index (Phi) is 6.72. The van der Waals surface area contributed by atoms with Crippen molar-refractivity contribution in [3.05, 3.63) is 56.7 Å². The van der Waals surface area contributed by atoms with Crippen molar-refractivity contribution in [2.24, 2.45) is 5.92 Å². The van der Waals surface area contributed by atoms with E-state index in [9.17, 15) is 9.59 Å². The monoisotopic (exact) mass is 538 g/mol. The van der Waals surface area contributed by atoms with Crippen molar-refractivity contribution in [3.8, 4) is 0 Å². The van der Waals surface area contributed by atoms with E-state index < -0.39 is 12.1 Å². The largest absolute Gasteiger partial charge is 0.453 e. The summed E-state index contributed by atoms with van der Waals surface area (Å²) in [5, 5.41) is 3.64. The molecule has 3 atom stereocenters. The molecule has 8 nitrogen and oxygen atoms in total. The van der Waals surface area contributed by atoms with Crippen LogP contribution in [0.5, 0.6) is 0 Å². The fourth-order valence-corrected chi connectivity index (χ4v) is 6.80. The van der Waals surface area contributed by atoms with E-state index in [1.807, 2.05) is 18.7 Å². The maximum Gasteiger partial charge on any atom is 0.407 e. The minimum absolute atomic E-state index is 0.0460. The third-order valence-electron chi connectivity index (χ3n) is 8.54. The highest BCUT2D eigenvalue weighted by Crippen LogP contribution is 2.46. The van der Waals surface area contributed by atoms with Gasteiger partial charge in [-0.15, -0.1) is 0 Å². The minimum atomic E-state index is -0.643. The second kappa shape index (κ2) is 10.0. The Hall–Kier alpha value is -2.84. The number of aromatic amines is 1. The van der Waals surface area contributed by atoms with Crippen LogP contribution >= 0.6 is 11.6 Å². The molecule has 38 heavy (non-hydrogen) atoms. The lowest BCUT2D eigenvalue weighted by molar-refractivity contribution is -0.135. The zero-order valence-electron chi connectivity index (χ0n) is 22.2. The van der Waals surface area contributed by atoms with Crippen molar-refractivity contribution in [2.75, 3.05) is 20.3 Å². The van der Waals surface area contributed by atoms with Crippen molar-refractivity contribution < 1.29 is 19.1 Å². The van der Waals surface area contributed by atoms with Crippen LogP contribution in [-0.2, 0) is 20.7 Å². The van der Waals surface area contributed by atoms with Crippen molar-refractivity contribution in [1.29, 1.82) is 0 Å². The highest BCUT2D eigenvalue weighted by Gasteiger charge is 2.40. The maximum atomic E-state index is 13.6. The van der Waals surface area contributed by atoms with E-state index in [0.717, 1.165) is 67.2 Å². The van der Waals surface area contributed by atoms with E-state index in [4.69, 9.17) is 26.1 Å². The van der Waals surface area contributed by atoms with Gasteiger partial charge in [0.15, 0.2) is 0 Å². The number of imidazole rings is 1. The molecule has 3 heterocycles. The number of aromatic nitrogens is 2. The SMILES string of the molecule is COC(=O)NC(C(=O)N1CCCC1c1nc2c([nH]1)CCC1=C2CC2OCC3=C(CCC(Cl)=C3)C2=C1)C(C)C. The number of carbonyl (C=O) groups excluding carboxylic acids is 2. The molecule has 0 aromatic carbocycles. The molecular weight excluding hydrogens is 504 g/mol. The summed E-state index contributed by atoms with van der Waals surface area (Å²) in [6, 6.07) is -0.777. The molecule has 2 N–H and O–H groups in total. The van der Waals surface area contributed by atoms with Crippen LogP contribution in [0.4, 0.5) is 4.79 Å². The van der Waals surface area contributed by atoms with Gasteiger partial charge in [0, 0.05) is 23.7 Å². The summed E-state index contributed by atoms with van der Waals surface area (Å²) < 4.78 is 11.1. The van der Waals surface area contributed by atoms with E-state index in [0.29, 0.717) is 13.2 Å². The number of fused-ring (bicyclic) bond motifs is 4. The quantitative estimate of drug-likeness (QED) is 0.556. The summed E-state index contributed by atoms with van der Waals surface area (Å²) in [4.78, 5) is 36.0. The molecule has 3 aliphatic carbocycles. The number of allylic oxidation sites excluding steroid dienone is 3. The van der Waals surface area contributed by atoms with E-state index in [1.54, 1.807) is 0 Å². The van der Waals surface area contributed by atoms with E-state index in [1.165, 1.54) is 35.0 Å². The molecule has 2 aliphatic heterocycles. The number of halogens is 1. The van der Waals surface area contributed by atoms with Gasteiger partial charge in [-0.1, -0.05) is 31.5 Å². The minimum Gasteiger partial charge on any atom is -0.453 e. The smallest absolute Gasteiger partial charge is 0.407 e. The van der Waals surface area contributed by atoms with Crippen LogP contribution in [0.2, 0.25) is 0 Å². The second-order valence-corrected chi connectivity index (χ2v) is 11.7. The molecule has 0 spiro atoms. The van der Waals surface area contributed by atoms with Gasteiger partial charge in [-0.2, -0.15) is 0 Å². The Morgan fingerprint density at radius 2 is 2.03 bits per heavy atom. The number of hydrogen-bond donors (Lipinski definition) is 2. The number of nitrogens with one attached hydrogen (secondary N) is 2. The summed E-state index contributed by atoms with van der Waals surface area (Å²) in [5.74, 6) is 0.686. The predicted molar refractivity (Wildman–Crippen MR) is 144 cm³/mol. The Labute approximate surface area is 228 Å². The van der Waals surface area contributed by atoms with Gasteiger partial charge in [0.1, 0.15) is 11.9 Å². The van der Waals surface area contributed by atoms with Gasteiger partial charge < -0.3 is 24.7 Å². The molecule has 3 unspecified atom stereocenters. The normalized spacial score (nSPS) is 25.2. The van der Waals surface area contributed by atoms with Crippen LogP contribution in [0.3, 0.4) is 0 Å². The van der Waals surface area contributed by atoms with Crippen molar-refractivity contribution in [1.82, 2.24) is 20.2 Å². The first kappa shape index (κ1) is 25.4. The molecule has 5 aliphatic rings. The number of amides is 2. The number of nitrogens with zero attached hydrogens (tertiary/aromatic N) is 2. The number of carbonyl (C=O) groups is 2. The van der Waals surface area contributed by atoms with Gasteiger partial charge in [-0.3, -0.25) is 4.79 Å². The molecule has 6 rings (SSSR count). The Bertz CT molecular complexity index is 1300. The maximum absolute atomic E-state index is 13.6. The summed E-state index contributed by atoms with van der Waals surface area (Å²) in [6.45, 7) is 5.11. The van der Waals surface area contributed by atoms with Gasteiger partial charge in [0.2, 0.25) is 5.91 Å². The summed E-state index contributed by atoms with van der Waals surface area (Å²) in [5.41, 5.74) is 8.73. The molecule has 0 radical (unpaired) electrons. The average Bonchev–Trinajstić information content (AvgIpc) is 3.57. The first-order valence-electron chi connectivity index (χ1n) is 13.7. The lowest BCUT2D eigenvalue weighted by Gasteiger charge is -2.36. The van der Waals surface area contributed by atoms with Gasteiger partial charge in [-0.25, -0.2) is 9.78 Å². The molecule has 0 saturated carbocycles. The van der Waals surface area contributed by atoms with Crippen LogP contribution in [0.25, 0.3) is 5.57 Å². The zero-order valence-corrected chi connectivity index (χ0v) is 23.0. The Balaban J connectivity index is 1.28. The second-order valence-electron chi connectivity index (χ2n) is 11.2. The molecule has 9 heteroatoms. The van der Waals surface area contributed by atoms with Crippen molar-refractivity contribution in [3.63, 3.8) is 0 Å². The number of likely N-dealkylation sites (tertiary alicyclic amines) is 1. The van der Waals surface area contributed by atoms with Gasteiger partial charge in [0.05, 0.1) is 31.6 Å². The molecule has 0 bridgehead atoms. The van der Waals surface area contributed by atoms with Crippen LogP contribution in [0, 0.1) is 5.92 Å². The van der Waals surface area contributed by atoms with E-state index >= 15 is 0 Å². The first-order chi connectivity index (χ1) is 18.3. The highest BCUT2D eigenvalue weighted by molar-refractivity contribution is 6.29. The molecule has 1 saturated heterocycles. The lowest BCUT2D eigenvalue weighted by Crippen LogP contribution is -2.51. The molecular formula is C29H35ClN4O4. The van der Waals surface area contributed by atoms with Crippen LogP contribution in [-0.4, -0.2) is 59.3 Å². The molecule has 1 aromatic rings. The number of hydrogen-bond acceptors (Lipinski definition) is 5. The van der Waals surface area contributed by atoms with Gasteiger partial charge in [0.25, 0.3) is 0 Å². The topological polar surface area (TPSA) is 96.5 Å². The van der Waals surface area contributed by atoms with Crippen molar-refractivity contribution >= 4 is 29.2 Å². The molecule has 202 valence electrons. The van der Waals surface area contributed by atoms with Crippen LogP contribution in [0.15, 0.2) is 39.5 Å². The highest BCUT2D eigenvalue weighted by atomic mass is 35.5. The lowest BCUT2D eigenvalue weighted by atomic mass is 9.77. The fraction of sp³-hybridized carbons (Fsp3) is 0.552. The third kappa shape index (κ3) is 4.41. The zero-order chi connectivity index (χ0) is 26.6. The first-order valence-corrected chi connectivity index (χ1v) is 14.1. The number of ether oxygens (including phenoxy) is 2. The standard InChI is InChI=1S/C29H35ClN4O4/c1-15(2)25(33-29(36)37-3)28(35)34-10-4-5-23(34)27-31-22-9-6-16-12-21-19-8-7-18(30)11-17(19)14-38-24(21)13-20(16)26(22)32-27/h11-12,15,23-25H,4-10,13-14H2,1-3H3,(H,31,32)(H,33,36). The molecule has 1 aromatic heterocycles. The summed E-state index contributed by atoms with van der Waals surface area (Å²) in [7, 11) is 1.31. The molecule has 1 fully saturated rings. The Morgan fingerprint density at radius 3 is 2.82 bits per heavy atom. The predicted octanol–water partition coefficient (Wildman–Crippen LogP) is 5.10. The van der Waals surface area contributed by atoms with E-state index in [2.05, 4.69) is 22.5 Å². The number of aryl methyl sites for hydroxylation is 1. The number of rotatable bonds is 4. The summed E-state index contributed by atoms with van der Waals surface area (Å²) in [6.07, 6.45) is 10.2. The van der Waals surface area contributed by atoms with Crippen molar-refractivity contribution in [2.45, 2.75) is 77.0 Å². The summed E-state index contributed by atoms with van der Waals surface area (Å²) >= 11 is 6.31. The fourth-order valence-electron chi connectivity index (χ4n) is 6.57. The molecule has 2 amide bonds. The number of methoxy groups -OCH3 is 1. The van der Waals surface area contributed by atoms with Gasteiger partial charge >= 0.3 is 6.09 Å². The van der Waals surface area contributed by atoms with Crippen LogP contribution < -0.4 is 5.32 Å². The number of alkyl carbamates (subject to hydrolysis) is 1.